The fourth-order valence-corrected chi connectivity index (χ4v) is 3.22. The van der Waals surface area contributed by atoms with Crippen LogP contribution < -0.4 is 0 Å². The molecule has 2 rings (SSSR count). The first-order chi connectivity index (χ1) is 15.1. The normalized spacial score (nSPS) is 12.2. The average molecular weight is 423 g/mol. The molecule has 1 aromatic carbocycles. The highest BCUT2D eigenvalue weighted by atomic mass is 16.5. The molecule has 0 amide bonds. The van der Waals surface area contributed by atoms with E-state index in [1.165, 1.54) is 56.6 Å². The van der Waals surface area contributed by atoms with Crippen molar-refractivity contribution in [1.29, 1.82) is 0 Å². The van der Waals surface area contributed by atoms with Crippen molar-refractivity contribution in [3.8, 4) is 11.4 Å². The van der Waals surface area contributed by atoms with E-state index in [-0.39, 0.29) is 5.97 Å². The van der Waals surface area contributed by atoms with E-state index in [2.05, 4.69) is 30.7 Å². The number of ether oxygens (including phenoxy) is 1. The summed E-state index contributed by atoms with van der Waals surface area (Å²) in [5.74, 6) is 0.814. The molecule has 1 heterocycles. The van der Waals surface area contributed by atoms with Crippen LogP contribution in [0.4, 0.5) is 0 Å². The molecule has 0 fully saturated rings. The fraction of sp³-hybridized carbons (Fsp3) is 0.519. The van der Waals surface area contributed by atoms with E-state index in [1.54, 1.807) is 6.08 Å². The molecule has 2 aromatic rings. The number of rotatable bonds is 14. The van der Waals surface area contributed by atoms with Gasteiger partial charge in [-0.3, -0.25) is 0 Å². The maximum absolute atomic E-state index is 11.8. The molecule has 0 N–H and O–H groups in total. The van der Waals surface area contributed by atoms with Gasteiger partial charge in [-0.2, -0.15) is 0 Å². The summed E-state index contributed by atoms with van der Waals surface area (Å²) in [6.45, 7) is 6.87. The van der Waals surface area contributed by atoms with Gasteiger partial charge in [-0.05, 0) is 36.0 Å². The summed E-state index contributed by atoms with van der Waals surface area (Å²) >= 11 is 0. The Labute approximate surface area is 188 Å². The summed E-state index contributed by atoms with van der Waals surface area (Å²) < 4.78 is 5.23. The summed E-state index contributed by atoms with van der Waals surface area (Å²) in [6.07, 6.45) is 18.4. The van der Waals surface area contributed by atoms with Crippen LogP contribution >= 0.6 is 0 Å². The first kappa shape index (κ1) is 24.8. The van der Waals surface area contributed by atoms with Gasteiger partial charge in [-0.25, -0.2) is 14.8 Å². The van der Waals surface area contributed by atoms with Crippen LogP contribution in [0.1, 0.15) is 83.3 Å². The number of unbranched alkanes of at least 4 members (excludes halogenated alkanes) is 6. The van der Waals surface area contributed by atoms with Gasteiger partial charge >= 0.3 is 5.97 Å². The molecule has 168 valence electrons. The standard InChI is InChI=1S/C27H38N2O2/c1-4-6-7-8-9-10-11-12-24-19-28-27(29-20-24)25-16-13-23(14-17-25)15-18-26(30)31-21-22(3)5-2/h13-20,22H,4-12,21H2,1-3H3/t22-/m1/s1. The van der Waals surface area contributed by atoms with E-state index in [1.807, 2.05) is 36.7 Å². The summed E-state index contributed by atoms with van der Waals surface area (Å²) in [6, 6.07) is 7.89. The van der Waals surface area contributed by atoms with Crippen molar-refractivity contribution < 1.29 is 9.53 Å². The average Bonchev–Trinajstić information content (AvgIpc) is 2.81. The lowest BCUT2D eigenvalue weighted by atomic mass is 10.1. The van der Waals surface area contributed by atoms with Gasteiger partial charge in [0.15, 0.2) is 5.82 Å². The summed E-state index contributed by atoms with van der Waals surface area (Å²) in [7, 11) is 0. The Morgan fingerprint density at radius 3 is 2.26 bits per heavy atom. The maximum atomic E-state index is 11.8. The minimum absolute atomic E-state index is 0.302. The highest BCUT2D eigenvalue weighted by Gasteiger charge is 2.04. The Hall–Kier alpha value is -2.49. The quantitative estimate of drug-likeness (QED) is 0.186. The molecule has 4 heteroatoms. The third-order valence-corrected chi connectivity index (χ3v) is 5.56. The summed E-state index contributed by atoms with van der Waals surface area (Å²) in [5, 5.41) is 0. The predicted octanol–water partition coefficient (Wildman–Crippen LogP) is 7.04. The Morgan fingerprint density at radius 1 is 0.968 bits per heavy atom. The second kappa shape index (κ2) is 14.5. The monoisotopic (exact) mass is 422 g/mol. The van der Waals surface area contributed by atoms with E-state index >= 15 is 0 Å². The van der Waals surface area contributed by atoms with E-state index < -0.39 is 0 Å². The van der Waals surface area contributed by atoms with Crippen molar-refractivity contribution in [3.05, 3.63) is 53.9 Å². The molecule has 0 aliphatic carbocycles. The van der Waals surface area contributed by atoms with E-state index in [0.29, 0.717) is 12.5 Å². The molecule has 0 aliphatic heterocycles. The zero-order chi connectivity index (χ0) is 22.3. The van der Waals surface area contributed by atoms with Crippen molar-refractivity contribution in [2.24, 2.45) is 5.92 Å². The first-order valence-corrected chi connectivity index (χ1v) is 11.9. The van der Waals surface area contributed by atoms with Gasteiger partial charge in [0.1, 0.15) is 0 Å². The minimum atomic E-state index is -0.302. The molecule has 0 radical (unpaired) electrons. The molecular weight excluding hydrogens is 384 g/mol. The van der Waals surface area contributed by atoms with Gasteiger partial charge in [-0.15, -0.1) is 0 Å². The van der Waals surface area contributed by atoms with Crippen LogP contribution in [0.2, 0.25) is 0 Å². The molecule has 1 atom stereocenters. The molecule has 0 saturated heterocycles. The van der Waals surface area contributed by atoms with E-state index in [9.17, 15) is 4.79 Å². The van der Waals surface area contributed by atoms with Gasteiger partial charge in [-0.1, -0.05) is 90.0 Å². The van der Waals surface area contributed by atoms with Crippen LogP contribution in [0.5, 0.6) is 0 Å². The number of aromatic nitrogens is 2. The molecule has 4 nitrogen and oxygen atoms in total. The number of benzene rings is 1. The fourth-order valence-electron chi connectivity index (χ4n) is 3.22. The van der Waals surface area contributed by atoms with Gasteiger partial charge < -0.3 is 4.74 Å². The molecule has 0 unspecified atom stereocenters. The van der Waals surface area contributed by atoms with Gasteiger partial charge in [0.2, 0.25) is 0 Å². The minimum Gasteiger partial charge on any atom is -0.462 e. The van der Waals surface area contributed by atoms with Crippen molar-refractivity contribution in [3.63, 3.8) is 0 Å². The second-order valence-electron chi connectivity index (χ2n) is 8.39. The van der Waals surface area contributed by atoms with Crippen LogP contribution in [-0.2, 0) is 16.0 Å². The highest BCUT2D eigenvalue weighted by molar-refractivity contribution is 5.87. The molecule has 31 heavy (non-hydrogen) atoms. The number of hydrogen-bond donors (Lipinski definition) is 0. The van der Waals surface area contributed by atoms with Crippen LogP contribution in [0.15, 0.2) is 42.7 Å². The van der Waals surface area contributed by atoms with Gasteiger partial charge in [0.05, 0.1) is 6.61 Å². The van der Waals surface area contributed by atoms with Crippen molar-refractivity contribution >= 4 is 12.0 Å². The Bertz CT molecular complexity index is 782. The number of hydrogen-bond acceptors (Lipinski definition) is 4. The lowest BCUT2D eigenvalue weighted by Gasteiger charge is -2.07. The molecule has 0 bridgehead atoms. The Balaban J connectivity index is 1.78. The molecular formula is C27H38N2O2. The molecule has 0 aliphatic rings. The lowest BCUT2D eigenvalue weighted by Crippen LogP contribution is -2.08. The van der Waals surface area contributed by atoms with Crippen LogP contribution in [-0.4, -0.2) is 22.5 Å². The molecule has 1 aromatic heterocycles. The largest absolute Gasteiger partial charge is 0.462 e. The second-order valence-corrected chi connectivity index (χ2v) is 8.39. The SMILES string of the molecule is CCCCCCCCCc1cnc(-c2ccc(C=CC(=O)OC[C@H](C)CC)cc2)nc1. The van der Waals surface area contributed by atoms with Crippen LogP contribution in [0.25, 0.3) is 17.5 Å². The zero-order valence-corrected chi connectivity index (χ0v) is 19.5. The Kier molecular flexibility index (Phi) is 11.6. The third kappa shape index (κ3) is 9.91. The number of carbonyl (C=O) groups excluding carboxylic acids is 1. The first-order valence-electron chi connectivity index (χ1n) is 11.9. The smallest absolute Gasteiger partial charge is 0.330 e. The third-order valence-electron chi connectivity index (χ3n) is 5.56. The van der Waals surface area contributed by atoms with Gasteiger partial charge in [0, 0.05) is 24.0 Å². The van der Waals surface area contributed by atoms with Crippen molar-refractivity contribution in [2.45, 2.75) is 78.6 Å². The number of carbonyl (C=O) groups is 1. The van der Waals surface area contributed by atoms with E-state index in [0.717, 1.165) is 29.8 Å². The molecule has 0 saturated carbocycles. The number of nitrogens with zero attached hydrogens (tertiary/aromatic N) is 2. The predicted molar refractivity (Wildman–Crippen MR) is 129 cm³/mol. The number of esters is 1. The zero-order valence-electron chi connectivity index (χ0n) is 19.5. The molecule has 0 spiro atoms. The Morgan fingerprint density at radius 2 is 1.61 bits per heavy atom. The number of aryl methyl sites for hydroxylation is 1. The van der Waals surface area contributed by atoms with Crippen molar-refractivity contribution in [1.82, 2.24) is 9.97 Å². The summed E-state index contributed by atoms with van der Waals surface area (Å²) in [4.78, 5) is 20.9. The highest BCUT2D eigenvalue weighted by Crippen LogP contribution is 2.17. The van der Waals surface area contributed by atoms with Crippen molar-refractivity contribution in [2.75, 3.05) is 6.61 Å². The van der Waals surface area contributed by atoms with Gasteiger partial charge in [0.25, 0.3) is 0 Å². The lowest BCUT2D eigenvalue weighted by molar-refractivity contribution is -0.138. The van der Waals surface area contributed by atoms with Crippen LogP contribution in [0, 0.1) is 5.92 Å². The summed E-state index contributed by atoms with van der Waals surface area (Å²) in [5.41, 5.74) is 3.12. The maximum Gasteiger partial charge on any atom is 0.330 e. The van der Waals surface area contributed by atoms with Crippen LogP contribution in [0.3, 0.4) is 0 Å². The van der Waals surface area contributed by atoms with E-state index in [4.69, 9.17) is 4.74 Å². The topological polar surface area (TPSA) is 52.1 Å².